The zero-order valence-corrected chi connectivity index (χ0v) is 8.27. The first-order valence-corrected chi connectivity index (χ1v) is 4.58. The second-order valence-electron chi connectivity index (χ2n) is 3.30. The molecule has 0 aliphatic carbocycles. The van der Waals surface area contributed by atoms with Gasteiger partial charge in [0.05, 0.1) is 0 Å². The average molecular weight is 203 g/mol. The van der Waals surface area contributed by atoms with E-state index in [-0.39, 0.29) is 17.0 Å². The first kappa shape index (κ1) is 9.45. The summed E-state index contributed by atoms with van der Waals surface area (Å²) >= 11 is 0. The Balaban J connectivity index is 2.69. The molecule has 0 saturated heterocycles. The van der Waals surface area contributed by atoms with Crippen LogP contribution in [0.25, 0.3) is 5.69 Å². The molecule has 0 aliphatic heterocycles. The van der Waals surface area contributed by atoms with E-state index < -0.39 is 0 Å². The molecule has 0 fully saturated rings. The molecule has 0 bridgehead atoms. The van der Waals surface area contributed by atoms with E-state index in [1.165, 1.54) is 6.07 Å². The molecular weight excluding hydrogens is 192 g/mol. The monoisotopic (exact) mass is 203 g/mol. The topological polar surface area (TPSA) is 57.0 Å². The molecule has 2 heterocycles. The van der Waals surface area contributed by atoms with Crippen LogP contribution in [0.3, 0.4) is 0 Å². The van der Waals surface area contributed by atoms with Crippen LogP contribution in [0.15, 0.2) is 41.5 Å². The zero-order chi connectivity index (χ0) is 10.8. The highest BCUT2D eigenvalue weighted by molar-refractivity contribution is 5.37. The quantitative estimate of drug-likeness (QED) is 0.669. The van der Waals surface area contributed by atoms with Gasteiger partial charge in [-0.25, -0.2) is 0 Å². The van der Waals surface area contributed by atoms with Crippen molar-refractivity contribution >= 4 is 0 Å². The fourth-order valence-electron chi connectivity index (χ4n) is 1.46. The van der Waals surface area contributed by atoms with Gasteiger partial charge in [-0.3, -0.25) is 4.79 Å². The molecule has 0 unspecified atom stereocenters. The molecule has 0 aromatic carbocycles. The van der Waals surface area contributed by atoms with Gasteiger partial charge in [0.15, 0.2) is 18.1 Å². The van der Waals surface area contributed by atoms with E-state index in [4.69, 9.17) is 0 Å². The summed E-state index contributed by atoms with van der Waals surface area (Å²) in [5.74, 6) is -0.0209. The molecule has 0 amide bonds. The number of pyridine rings is 2. The molecule has 2 rings (SSSR count). The van der Waals surface area contributed by atoms with E-state index in [0.29, 0.717) is 5.69 Å². The summed E-state index contributed by atoms with van der Waals surface area (Å²) < 4.78 is 1.58. The van der Waals surface area contributed by atoms with Crippen molar-refractivity contribution in [1.82, 2.24) is 4.98 Å². The third-order valence-electron chi connectivity index (χ3n) is 2.10. The van der Waals surface area contributed by atoms with E-state index >= 15 is 0 Å². The molecular formula is C11H11N2O2+. The van der Waals surface area contributed by atoms with Crippen molar-refractivity contribution in [2.24, 2.45) is 0 Å². The van der Waals surface area contributed by atoms with Gasteiger partial charge in [-0.15, -0.1) is 0 Å². The van der Waals surface area contributed by atoms with Crippen molar-refractivity contribution in [3.63, 3.8) is 0 Å². The van der Waals surface area contributed by atoms with Crippen LogP contribution >= 0.6 is 0 Å². The van der Waals surface area contributed by atoms with E-state index in [9.17, 15) is 9.90 Å². The number of rotatable bonds is 1. The maximum absolute atomic E-state index is 11.6. The van der Waals surface area contributed by atoms with E-state index in [1.54, 1.807) is 36.0 Å². The molecule has 2 aromatic rings. The number of nitrogens with zero attached hydrogens (tertiary/aromatic N) is 1. The Morgan fingerprint density at radius 1 is 1.27 bits per heavy atom. The number of nitrogens with one attached hydrogen (secondary N) is 1. The predicted molar refractivity (Wildman–Crippen MR) is 55.0 cm³/mol. The highest BCUT2D eigenvalue weighted by atomic mass is 16.3. The van der Waals surface area contributed by atoms with Gasteiger partial charge in [-0.1, -0.05) is 6.07 Å². The SMILES string of the molecule is Cc1cc(O)c(-[n+]2ccccc2)c(=O)[nH]1. The van der Waals surface area contributed by atoms with Crippen LogP contribution in [0.4, 0.5) is 0 Å². The highest BCUT2D eigenvalue weighted by Crippen LogP contribution is 2.11. The van der Waals surface area contributed by atoms with Gasteiger partial charge in [0, 0.05) is 23.9 Å². The molecule has 4 heteroatoms. The molecule has 76 valence electrons. The molecule has 15 heavy (non-hydrogen) atoms. The number of H-pyrrole nitrogens is 1. The number of aryl methyl sites for hydroxylation is 1. The van der Waals surface area contributed by atoms with Gasteiger partial charge in [0.25, 0.3) is 0 Å². The molecule has 4 nitrogen and oxygen atoms in total. The van der Waals surface area contributed by atoms with Crippen molar-refractivity contribution in [2.75, 3.05) is 0 Å². The van der Waals surface area contributed by atoms with Gasteiger partial charge >= 0.3 is 11.2 Å². The number of aromatic nitrogens is 2. The van der Waals surface area contributed by atoms with E-state index in [2.05, 4.69) is 4.98 Å². The first-order valence-electron chi connectivity index (χ1n) is 4.58. The van der Waals surface area contributed by atoms with Crippen molar-refractivity contribution < 1.29 is 9.67 Å². The minimum atomic E-state index is -0.302. The lowest BCUT2D eigenvalue weighted by Gasteiger charge is -1.98. The summed E-state index contributed by atoms with van der Waals surface area (Å²) in [7, 11) is 0. The largest absolute Gasteiger partial charge is 0.502 e. The van der Waals surface area contributed by atoms with Crippen LogP contribution in [-0.4, -0.2) is 10.1 Å². The van der Waals surface area contributed by atoms with E-state index in [1.807, 2.05) is 6.07 Å². The van der Waals surface area contributed by atoms with Gasteiger partial charge in [0.1, 0.15) is 0 Å². The summed E-state index contributed by atoms with van der Waals surface area (Å²) in [6, 6.07) is 6.95. The van der Waals surface area contributed by atoms with Crippen molar-refractivity contribution in [3.8, 4) is 11.4 Å². The summed E-state index contributed by atoms with van der Waals surface area (Å²) in [4.78, 5) is 14.3. The fourth-order valence-corrected chi connectivity index (χ4v) is 1.46. The number of aromatic amines is 1. The van der Waals surface area contributed by atoms with Gasteiger partial charge < -0.3 is 10.1 Å². The third kappa shape index (κ3) is 1.74. The number of hydrogen-bond donors (Lipinski definition) is 2. The average Bonchev–Trinajstić information content (AvgIpc) is 2.17. The smallest absolute Gasteiger partial charge is 0.324 e. The molecule has 0 spiro atoms. The lowest BCUT2D eigenvalue weighted by molar-refractivity contribution is -0.597. The normalized spacial score (nSPS) is 10.2. The van der Waals surface area contributed by atoms with Crippen LogP contribution in [0.2, 0.25) is 0 Å². The second kappa shape index (κ2) is 3.57. The fraction of sp³-hybridized carbons (Fsp3) is 0.0909. The molecule has 0 atom stereocenters. The zero-order valence-electron chi connectivity index (χ0n) is 8.27. The summed E-state index contributed by atoms with van der Waals surface area (Å²) in [5.41, 5.74) is 0.572. The first-order chi connectivity index (χ1) is 7.18. The van der Waals surface area contributed by atoms with Crippen molar-refractivity contribution in [1.29, 1.82) is 0 Å². The lowest BCUT2D eigenvalue weighted by atomic mass is 10.3. The standard InChI is InChI=1S/C11H10N2O2/c1-8-7-9(14)10(11(15)12-8)13-5-3-2-4-6-13/h2-7H,1H3,(H-,12,14,15)/p+1. The van der Waals surface area contributed by atoms with E-state index in [0.717, 1.165) is 0 Å². The Morgan fingerprint density at radius 3 is 2.53 bits per heavy atom. The van der Waals surface area contributed by atoms with Gasteiger partial charge in [0.2, 0.25) is 0 Å². The van der Waals surface area contributed by atoms with Crippen LogP contribution in [0.5, 0.6) is 5.75 Å². The van der Waals surface area contributed by atoms with Crippen LogP contribution < -0.4 is 10.1 Å². The molecule has 0 aliphatic rings. The Kier molecular flexibility index (Phi) is 2.25. The molecule has 0 radical (unpaired) electrons. The summed E-state index contributed by atoms with van der Waals surface area (Å²) in [6.45, 7) is 1.72. The molecule has 0 saturated carbocycles. The molecule has 2 N–H and O–H groups in total. The lowest BCUT2D eigenvalue weighted by Crippen LogP contribution is -2.36. The van der Waals surface area contributed by atoms with Gasteiger partial charge in [-0.05, 0) is 6.92 Å². The highest BCUT2D eigenvalue weighted by Gasteiger charge is 2.16. The minimum absolute atomic E-state index is 0.0209. The maximum atomic E-state index is 11.6. The number of aromatic hydroxyl groups is 1. The summed E-state index contributed by atoms with van der Waals surface area (Å²) in [6.07, 6.45) is 3.42. The Bertz CT molecular complexity index is 532. The summed E-state index contributed by atoms with van der Waals surface area (Å²) in [5, 5.41) is 9.68. The van der Waals surface area contributed by atoms with Crippen molar-refractivity contribution in [2.45, 2.75) is 6.92 Å². The second-order valence-corrected chi connectivity index (χ2v) is 3.30. The predicted octanol–water partition coefficient (Wildman–Crippen LogP) is 0.666. The van der Waals surface area contributed by atoms with Crippen molar-refractivity contribution in [3.05, 3.63) is 52.7 Å². The maximum Gasteiger partial charge on any atom is 0.324 e. The number of hydrogen-bond acceptors (Lipinski definition) is 2. The Hall–Kier alpha value is -2.10. The Morgan fingerprint density at radius 2 is 1.93 bits per heavy atom. The minimum Gasteiger partial charge on any atom is -0.502 e. The third-order valence-corrected chi connectivity index (χ3v) is 2.10. The molecule has 2 aromatic heterocycles. The Labute approximate surface area is 86.5 Å². The van der Waals surface area contributed by atoms with Gasteiger partial charge in [-0.2, -0.15) is 4.57 Å². The van der Waals surface area contributed by atoms with Crippen LogP contribution in [0, 0.1) is 6.92 Å². The van der Waals surface area contributed by atoms with Crippen LogP contribution in [-0.2, 0) is 0 Å². The van der Waals surface area contributed by atoms with Crippen LogP contribution in [0.1, 0.15) is 5.69 Å².